The number of carbonyl (C=O) groups excluding carboxylic acids is 2. The summed E-state index contributed by atoms with van der Waals surface area (Å²) in [4.78, 5) is 32.5. The molecular weight excluding hydrogens is 474 g/mol. The Balaban J connectivity index is 1.44. The Morgan fingerprint density at radius 2 is 1.38 bits per heavy atom. The second-order valence-electron chi connectivity index (χ2n) is 9.93. The highest BCUT2D eigenvalue weighted by molar-refractivity contribution is 5.89. The van der Waals surface area contributed by atoms with Gasteiger partial charge in [-0.15, -0.1) is 0 Å². The van der Waals surface area contributed by atoms with Gasteiger partial charge in [-0.3, -0.25) is 9.59 Å². The third-order valence-corrected chi connectivity index (χ3v) is 7.47. The van der Waals surface area contributed by atoms with E-state index in [2.05, 4.69) is 4.90 Å². The number of benzene rings is 3. The molecule has 0 aliphatic carbocycles. The number of nitrogens with zero attached hydrogens (tertiary/aromatic N) is 3. The number of piperazine rings is 1. The molecule has 1 unspecified atom stereocenters. The number of carbonyl (C=O) groups is 2. The first kappa shape index (κ1) is 25.0. The first-order chi connectivity index (χ1) is 17.8. The average Bonchev–Trinajstić information content (AvgIpc) is 3.33. The van der Waals surface area contributed by atoms with Gasteiger partial charge in [-0.25, -0.2) is 8.78 Å². The van der Waals surface area contributed by atoms with Crippen LogP contribution in [0.4, 0.5) is 8.78 Å². The zero-order valence-electron chi connectivity index (χ0n) is 20.7. The van der Waals surface area contributed by atoms with E-state index in [-0.39, 0.29) is 29.9 Å². The molecular formula is C29H30F2N4O2. The van der Waals surface area contributed by atoms with E-state index < -0.39 is 11.6 Å². The lowest BCUT2D eigenvalue weighted by Gasteiger charge is -2.51. The highest BCUT2D eigenvalue weighted by Gasteiger charge is 2.46. The molecule has 192 valence electrons. The molecule has 0 radical (unpaired) electrons. The van der Waals surface area contributed by atoms with Crippen LogP contribution in [-0.4, -0.2) is 59.2 Å². The molecule has 8 heteroatoms. The maximum absolute atomic E-state index is 13.9. The van der Waals surface area contributed by atoms with Gasteiger partial charge < -0.3 is 20.4 Å². The van der Waals surface area contributed by atoms with Gasteiger partial charge in [-0.1, -0.05) is 48.5 Å². The number of halogens is 2. The molecule has 3 aromatic rings. The second-order valence-corrected chi connectivity index (χ2v) is 9.93. The minimum Gasteiger partial charge on any atom is -0.333 e. The third-order valence-electron chi connectivity index (χ3n) is 7.47. The highest BCUT2D eigenvalue weighted by Crippen LogP contribution is 2.40. The van der Waals surface area contributed by atoms with Crippen LogP contribution in [0.25, 0.3) is 0 Å². The van der Waals surface area contributed by atoms with Gasteiger partial charge in [0.2, 0.25) is 11.8 Å². The SMILES string of the molecule is CN1CCN(C(=O)CC(N)C(=O)N2Cc3ccccc3C2)C(c2ccc(F)cc2)(c2ccc(F)cc2)C1. The molecule has 1 fully saturated rings. The fourth-order valence-corrected chi connectivity index (χ4v) is 5.58. The number of fused-ring (bicyclic) bond motifs is 1. The maximum Gasteiger partial charge on any atom is 0.240 e. The Labute approximate surface area is 215 Å². The Hall–Kier alpha value is -3.62. The van der Waals surface area contributed by atoms with Crippen molar-refractivity contribution in [3.8, 4) is 0 Å². The fourth-order valence-electron chi connectivity index (χ4n) is 5.58. The summed E-state index contributed by atoms with van der Waals surface area (Å²) in [6, 6.07) is 18.9. The first-order valence-electron chi connectivity index (χ1n) is 12.4. The Kier molecular flexibility index (Phi) is 6.79. The number of hydrogen-bond acceptors (Lipinski definition) is 4. The minimum atomic E-state index is -1.00. The van der Waals surface area contributed by atoms with Crippen molar-refractivity contribution in [2.24, 2.45) is 5.73 Å². The van der Waals surface area contributed by atoms with Crippen molar-refractivity contribution in [1.82, 2.24) is 14.7 Å². The van der Waals surface area contributed by atoms with Crippen LogP contribution >= 0.6 is 0 Å². The largest absolute Gasteiger partial charge is 0.333 e. The first-order valence-corrected chi connectivity index (χ1v) is 12.4. The molecule has 2 aliphatic rings. The summed E-state index contributed by atoms with van der Waals surface area (Å²) >= 11 is 0. The normalized spacial score (nSPS) is 17.9. The summed E-state index contributed by atoms with van der Waals surface area (Å²) in [7, 11) is 1.95. The molecule has 2 heterocycles. The van der Waals surface area contributed by atoms with E-state index in [0.717, 1.165) is 11.1 Å². The standard InChI is InChI=1S/C29H30F2N4O2/c1-33-14-15-35(27(36)16-26(32)28(37)34-17-20-4-2-3-5-21(20)18-34)29(19-33,22-6-10-24(30)11-7-22)23-8-12-25(31)13-9-23/h2-13,26H,14-19,32H2,1H3. The van der Waals surface area contributed by atoms with Gasteiger partial charge in [0.05, 0.1) is 12.5 Å². The van der Waals surface area contributed by atoms with E-state index in [9.17, 15) is 18.4 Å². The Morgan fingerprint density at radius 1 is 0.865 bits per heavy atom. The van der Waals surface area contributed by atoms with Crippen molar-refractivity contribution in [2.45, 2.75) is 31.1 Å². The van der Waals surface area contributed by atoms with Gasteiger partial charge in [0.25, 0.3) is 0 Å². The lowest BCUT2D eigenvalue weighted by atomic mass is 9.78. The Bertz CT molecular complexity index is 1230. The van der Waals surface area contributed by atoms with Gasteiger partial charge in [-0.2, -0.15) is 0 Å². The van der Waals surface area contributed by atoms with Crippen molar-refractivity contribution in [1.29, 1.82) is 0 Å². The molecule has 1 saturated heterocycles. The summed E-state index contributed by atoms with van der Waals surface area (Å²) in [6.45, 7) is 2.35. The van der Waals surface area contributed by atoms with Crippen LogP contribution in [-0.2, 0) is 28.2 Å². The summed E-state index contributed by atoms with van der Waals surface area (Å²) in [5.74, 6) is -1.33. The van der Waals surface area contributed by atoms with E-state index in [1.807, 2.05) is 31.3 Å². The van der Waals surface area contributed by atoms with E-state index in [1.165, 1.54) is 24.3 Å². The number of hydrogen-bond donors (Lipinski definition) is 1. The predicted octanol–water partition coefficient (Wildman–Crippen LogP) is 3.24. The van der Waals surface area contributed by atoms with Crippen molar-refractivity contribution < 1.29 is 18.4 Å². The highest BCUT2D eigenvalue weighted by atomic mass is 19.1. The molecule has 2 N–H and O–H groups in total. The smallest absolute Gasteiger partial charge is 0.240 e. The van der Waals surface area contributed by atoms with E-state index in [4.69, 9.17) is 5.73 Å². The minimum absolute atomic E-state index is 0.167. The molecule has 0 bridgehead atoms. The molecule has 0 aromatic heterocycles. The van der Waals surface area contributed by atoms with Gasteiger partial charge >= 0.3 is 0 Å². The summed E-state index contributed by atoms with van der Waals surface area (Å²) < 4.78 is 27.7. The van der Waals surface area contributed by atoms with Crippen LogP contribution in [0.5, 0.6) is 0 Å². The monoisotopic (exact) mass is 504 g/mol. The van der Waals surface area contributed by atoms with Crippen molar-refractivity contribution in [3.05, 3.63) is 107 Å². The molecule has 3 aromatic carbocycles. The quantitative estimate of drug-likeness (QED) is 0.579. The van der Waals surface area contributed by atoms with E-state index in [0.29, 0.717) is 43.9 Å². The van der Waals surface area contributed by atoms with Crippen LogP contribution < -0.4 is 5.73 Å². The van der Waals surface area contributed by atoms with Crippen LogP contribution in [0.1, 0.15) is 28.7 Å². The number of amides is 2. The lowest BCUT2D eigenvalue weighted by molar-refractivity contribution is -0.144. The zero-order chi connectivity index (χ0) is 26.2. The van der Waals surface area contributed by atoms with Crippen LogP contribution in [0.3, 0.4) is 0 Å². The van der Waals surface area contributed by atoms with E-state index in [1.54, 1.807) is 34.1 Å². The second kappa shape index (κ2) is 10.0. The van der Waals surface area contributed by atoms with Crippen molar-refractivity contribution in [3.63, 3.8) is 0 Å². The molecule has 0 saturated carbocycles. The fraction of sp³-hybridized carbons (Fsp3) is 0.310. The van der Waals surface area contributed by atoms with Gasteiger partial charge in [-0.05, 0) is 53.6 Å². The lowest BCUT2D eigenvalue weighted by Crippen LogP contribution is -2.62. The van der Waals surface area contributed by atoms with Gasteiger partial charge in [0, 0.05) is 32.7 Å². The third kappa shape index (κ3) is 4.74. The number of likely N-dealkylation sites (N-methyl/N-ethyl adjacent to an activating group) is 1. The zero-order valence-corrected chi connectivity index (χ0v) is 20.7. The molecule has 2 aliphatic heterocycles. The summed E-state index contributed by atoms with van der Waals surface area (Å²) in [5.41, 5.74) is 8.90. The van der Waals surface area contributed by atoms with Crippen molar-refractivity contribution >= 4 is 11.8 Å². The van der Waals surface area contributed by atoms with E-state index >= 15 is 0 Å². The molecule has 6 nitrogen and oxygen atoms in total. The Morgan fingerprint density at radius 3 is 1.89 bits per heavy atom. The summed E-state index contributed by atoms with van der Waals surface area (Å²) in [5, 5.41) is 0. The van der Waals surface area contributed by atoms with Crippen molar-refractivity contribution in [2.75, 3.05) is 26.7 Å². The maximum atomic E-state index is 13.9. The molecule has 5 rings (SSSR count). The predicted molar refractivity (Wildman–Crippen MR) is 136 cm³/mol. The van der Waals surface area contributed by atoms with Crippen LogP contribution in [0.2, 0.25) is 0 Å². The molecule has 37 heavy (non-hydrogen) atoms. The molecule has 1 atom stereocenters. The molecule has 0 spiro atoms. The van der Waals surface area contributed by atoms with Gasteiger partial charge in [0.15, 0.2) is 0 Å². The molecule has 2 amide bonds. The van der Waals surface area contributed by atoms with Crippen LogP contribution in [0.15, 0.2) is 72.8 Å². The summed E-state index contributed by atoms with van der Waals surface area (Å²) in [6.07, 6.45) is -0.167. The van der Waals surface area contributed by atoms with Gasteiger partial charge in [0.1, 0.15) is 17.2 Å². The topological polar surface area (TPSA) is 69.9 Å². The average molecular weight is 505 g/mol. The van der Waals surface area contributed by atoms with Crippen LogP contribution in [0, 0.1) is 11.6 Å². The number of nitrogens with two attached hydrogens (primary N) is 1. The number of rotatable bonds is 5.